The molecule has 0 saturated heterocycles. The van der Waals surface area contributed by atoms with Gasteiger partial charge in [-0.05, 0) is 45.2 Å². The van der Waals surface area contributed by atoms with E-state index in [0.29, 0.717) is 5.56 Å². The summed E-state index contributed by atoms with van der Waals surface area (Å²) in [7, 11) is -7.72. The van der Waals surface area contributed by atoms with E-state index in [9.17, 15) is 21.2 Å². The molecule has 3 aromatic carbocycles. The molecule has 4 aromatic rings. The highest BCUT2D eigenvalue weighted by Crippen LogP contribution is 2.31. The van der Waals surface area contributed by atoms with Gasteiger partial charge in [0.25, 0.3) is 10.1 Å². The van der Waals surface area contributed by atoms with E-state index in [1.165, 1.54) is 16.4 Å². The number of sulfonamides is 1. The van der Waals surface area contributed by atoms with Crippen LogP contribution in [0.4, 0.5) is 15.9 Å². The fourth-order valence-electron chi connectivity index (χ4n) is 4.27. The highest BCUT2D eigenvalue weighted by molar-refractivity contribution is 7.88. The summed E-state index contributed by atoms with van der Waals surface area (Å²) < 4.78 is 75.4. The van der Waals surface area contributed by atoms with E-state index < -0.39 is 37.8 Å². The first-order valence-corrected chi connectivity index (χ1v) is 16.2. The van der Waals surface area contributed by atoms with Gasteiger partial charge in [0.15, 0.2) is 11.5 Å². The van der Waals surface area contributed by atoms with Crippen LogP contribution in [0.25, 0.3) is 0 Å². The molecule has 42 heavy (non-hydrogen) atoms. The maximum Gasteiger partial charge on any atom is 0.292 e. The van der Waals surface area contributed by atoms with Crippen molar-refractivity contribution in [1.29, 1.82) is 0 Å². The highest BCUT2D eigenvalue weighted by Gasteiger charge is 2.32. The predicted molar refractivity (Wildman–Crippen MR) is 153 cm³/mol. The number of anilines is 1. The topological polar surface area (TPSA) is 156 Å². The fourth-order valence-corrected chi connectivity index (χ4v) is 6.11. The Morgan fingerprint density at radius 1 is 1.10 bits per heavy atom. The third-order valence-electron chi connectivity index (χ3n) is 6.25. The van der Waals surface area contributed by atoms with Crippen molar-refractivity contribution < 1.29 is 30.1 Å². The highest BCUT2D eigenvalue weighted by atomic mass is 35.5. The third-order valence-corrected chi connectivity index (χ3v) is 8.78. The Morgan fingerprint density at radius 3 is 2.57 bits per heavy atom. The van der Waals surface area contributed by atoms with Crippen molar-refractivity contribution in [2.75, 3.05) is 18.1 Å². The molecule has 0 spiro atoms. The van der Waals surface area contributed by atoms with E-state index in [0.717, 1.165) is 23.4 Å². The van der Waals surface area contributed by atoms with Gasteiger partial charge >= 0.3 is 0 Å². The summed E-state index contributed by atoms with van der Waals surface area (Å²) in [6, 6.07) is 18.7. The van der Waals surface area contributed by atoms with Gasteiger partial charge in [0, 0.05) is 13.1 Å². The molecular formula is C26H24ClFN6O6S2. The molecule has 2 heterocycles. The smallest absolute Gasteiger partial charge is 0.292 e. The van der Waals surface area contributed by atoms with Gasteiger partial charge in [-0.3, -0.25) is 0 Å². The second-order valence-corrected chi connectivity index (χ2v) is 13.3. The van der Waals surface area contributed by atoms with Crippen LogP contribution in [0, 0.1) is 5.82 Å². The zero-order valence-corrected chi connectivity index (χ0v) is 24.3. The number of aliphatic imine (C=N–C) groups is 1. The van der Waals surface area contributed by atoms with Crippen LogP contribution in [-0.4, -0.2) is 50.1 Å². The Kier molecular flexibility index (Phi) is 8.56. The van der Waals surface area contributed by atoms with Gasteiger partial charge in [0.2, 0.25) is 15.8 Å². The Balaban J connectivity index is 1.47. The lowest BCUT2D eigenvalue weighted by Gasteiger charge is -2.33. The number of amidine groups is 1. The van der Waals surface area contributed by atoms with Crippen LogP contribution < -0.4 is 10.8 Å². The summed E-state index contributed by atoms with van der Waals surface area (Å²) in [6.45, 7) is 0.265. The van der Waals surface area contributed by atoms with E-state index in [-0.39, 0.29) is 41.1 Å². The second kappa shape index (κ2) is 12.1. The van der Waals surface area contributed by atoms with Crippen LogP contribution in [0.5, 0.6) is 0 Å². The van der Waals surface area contributed by atoms with Crippen molar-refractivity contribution in [3.05, 3.63) is 106 Å². The quantitative estimate of drug-likeness (QED) is 0.157. The largest absolute Gasteiger partial charge is 0.357 e. The van der Waals surface area contributed by atoms with Crippen LogP contribution in [0.2, 0.25) is 5.02 Å². The molecule has 1 unspecified atom stereocenters. The number of hydrogen-bond donors (Lipinski definition) is 2. The number of halogens is 2. The lowest BCUT2D eigenvalue weighted by atomic mass is 9.96. The molecule has 1 atom stereocenters. The Hall–Kier alpha value is -3.89. The number of fused-ring (bicyclic) bond motifs is 1. The standard InChI is InChI=1S/C26H24ClFN6O6S2/c1-41(35,36)34-14-18-9-5-6-10-20(18)23(15-34)30-26-24(31-39-32-26)25(29-19-11-12-22(28)21(27)13-19)33-40-42(37,38)16-17-7-3-2-4-8-17/h2-13,23H,14-16H2,1H3,(H,29,33)(H,30,32). The number of aromatic nitrogens is 2. The van der Waals surface area contributed by atoms with Crippen molar-refractivity contribution in [2.45, 2.75) is 18.3 Å². The molecule has 1 aliphatic heterocycles. The van der Waals surface area contributed by atoms with Crippen LogP contribution in [-0.2, 0) is 36.7 Å². The summed E-state index contributed by atoms with van der Waals surface area (Å²) >= 11 is 5.92. The number of nitrogens with zero attached hydrogens (tertiary/aromatic N) is 4. The van der Waals surface area contributed by atoms with Gasteiger partial charge in [0.05, 0.1) is 23.0 Å². The molecule has 16 heteroatoms. The summed E-state index contributed by atoms with van der Waals surface area (Å²) in [4.78, 5) is 4.32. The Bertz CT molecular complexity index is 1840. The van der Waals surface area contributed by atoms with Gasteiger partial charge < -0.3 is 5.32 Å². The summed E-state index contributed by atoms with van der Waals surface area (Å²) in [5.41, 5.74) is 4.44. The average Bonchev–Trinajstić information content (AvgIpc) is 3.40. The molecule has 0 aliphatic carbocycles. The Morgan fingerprint density at radius 2 is 1.83 bits per heavy atom. The normalized spacial score (nSPS) is 16.2. The lowest BCUT2D eigenvalue weighted by Crippen LogP contribution is -2.40. The molecular weight excluding hydrogens is 611 g/mol. The second-order valence-electron chi connectivity index (χ2n) is 9.34. The van der Waals surface area contributed by atoms with Gasteiger partial charge in [0.1, 0.15) is 11.6 Å². The number of benzene rings is 3. The van der Waals surface area contributed by atoms with E-state index in [4.69, 9.17) is 20.5 Å². The number of hydrogen-bond acceptors (Lipinski definition) is 10. The molecule has 0 amide bonds. The van der Waals surface area contributed by atoms with Crippen LogP contribution in [0.3, 0.4) is 0 Å². The number of hydroxylamine groups is 1. The van der Waals surface area contributed by atoms with Crippen molar-refractivity contribution in [3.8, 4) is 0 Å². The SMILES string of the molecule is CS(=O)(=O)N1Cc2ccccc2C(Nc2nonc2C(=Nc2ccc(F)c(Cl)c2)NOS(=O)(=O)Cc2ccccc2)C1. The average molecular weight is 635 g/mol. The van der Waals surface area contributed by atoms with E-state index in [1.54, 1.807) is 36.4 Å². The number of rotatable bonds is 9. The van der Waals surface area contributed by atoms with Crippen molar-refractivity contribution in [1.82, 2.24) is 20.1 Å². The molecule has 0 radical (unpaired) electrons. The molecule has 0 bridgehead atoms. The minimum atomic E-state index is -4.18. The first-order chi connectivity index (χ1) is 20.0. The Labute approximate surface area is 246 Å². The van der Waals surface area contributed by atoms with Crippen molar-refractivity contribution in [2.24, 2.45) is 4.99 Å². The van der Waals surface area contributed by atoms with Gasteiger partial charge in [-0.25, -0.2) is 27.9 Å². The summed E-state index contributed by atoms with van der Waals surface area (Å²) in [5, 5.41) is 10.7. The maximum absolute atomic E-state index is 13.8. The fraction of sp³-hybridized carbons (Fsp3) is 0.192. The first kappa shape index (κ1) is 29.6. The van der Waals surface area contributed by atoms with Gasteiger partial charge in [-0.2, -0.15) is 12.7 Å². The molecule has 0 fully saturated rings. The van der Waals surface area contributed by atoms with Gasteiger partial charge in [-0.1, -0.05) is 66.2 Å². The van der Waals surface area contributed by atoms with Gasteiger partial charge in [-0.15, -0.1) is 4.28 Å². The third kappa shape index (κ3) is 7.11. The summed E-state index contributed by atoms with van der Waals surface area (Å²) in [6.07, 6.45) is 1.12. The van der Waals surface area contributed by atoms with E-state index in [1.807, 2.05) is 18.2 Å². The van der Waals surface area contributed by atoms with E-state index >= 15 is 0 Å². The van der Waals surface area contributed by atoms with Crippen LogP contribution >= 0.6 is 11.6 Å². The minimum absolute atomic E-state index is 0.00803. The van der Waals surface area contributed by atoms with Crippen LogP contribution in [0.1, 0.15) is 28.4 Å². The molecule has 1 aliphatic rings. The van der Waals surface area contributed by atoms with E-state index in [2.05, 4.69) is 26.1 Å². The molecule has 1 aromatic heterocycles. The van der Waals surface area contributed by atoms with Crippen molar-refractivity contribution >= 4 is 49.1 Å². The molecule has 5 rings (SSSR count). The maximum atomic E-state index is 13.8. The first-order valence-electron chi connectivity index (χ1n) is 12.4. The molecule has 2 N–H and O–H groups in total. The van der Waals surface area contributed by atoms with Crippen LogP contribution in [0.15, 0.2) is 82.4 Å². The molecule has 0 saturated carbocycles. The molecule has 220 valence electrons. The van der Waals surface area contributed by atoms with Crippen molar-refractivity contribution in [3.63, 3.8) is 0 Å². The number of nitrogens with one attached hydrogen (secondary N) is 2. The monoisotopic (exact) mass is 634 g/mol. The minimum Gasteiger partial charge on any atom is -0.357 e. The zero-order chi connectivity index (χ0) is 29.9. The summed E-state index contributed by atoms with van der Waals surface area (Å²) in [5.74, 6) is -1.38. The molecule has 12 nitrogen and oxygen atoms in total. The lowest BCUT2D eigenvalue weighted by molar-refractivity contribution is 0.265. The zero-order valence-electron chi connectivity index (χ0n) is 21.9. The predicted octanol–water partition coefficient (Wildman–Crippen LogP) is 3.92.